The van der Waals surface area contributed by atoms with E-state index in [9.17, 15) is 18.3 Å². The fraction of sp³-hybridized carbons (Fsp3) is 0.308. The first-order chi connectivity index (χ1) is 9.31. The maximum absolute atomic E-state index is 12.1. The van der Waals surface area contributed by atoms with Gasteiger partial charge in [-0.15, -0.1) is 6.42 Å². The van der Waals surface area contributed by atoms with E-state index in [1.807, 2.05) is 0 Å². The average Bonchev–Trinajstić information content (AvgIpc) is 2.43. The van der Waals surface area contributed by atoms with Crippen molar-refractivity contribution < 1.29 is 23.1 Å². The summed E-state index contributed by atoms with van der Waals surface area (Å²) in [7, 11) is -2.86. The van der Waals surface area contributed by atoms with Crippen LogP contribution in [0.25, 0.3) is 0 Å². The maximum atomic E-state index is 12.1. The van der Waals surface area contributed by atoms with Crippen molar-refractivity contribution in [3.05, 3.63) is 29.8 Å². The number of benzene rings is 1. The Morgan fingerprint density at radius 1 is 1.40 bits per heavy atom. The van der Waals surface area contributed by atoms with Crippen molar-refractivity contribution in [3.63, 3.8) is 0 Å². The molecule has 0 amide bonds. The van der Waals surface area contributed by atoms with E-state index in [1.165, 1.54) is 31.2 Å². The molecule has 0 saturated carbocycles. The third-order valence-electron chi connectivity index (χ3n) is 2.55. The molecule has 2 N–H and O–H groups in total. The highest BCUT2D eigenvalue weighted by atomic mass is 32.2. The summed E-state index contributed by atoms with van der Waals surface area (Å²) in [6, 6.07) is 4.17. The number of methoxy groups -OCH3 is 1. The third-order valence-corrected chi connectivity index (χ3v) is 4.01. The molecule has 0 spiro atoms. The number of nitrogens with one attached hydrogen (secondary N) is 1. The van der Waals surface area contributed by atoms with Crippen LogP contribution >= 0.6 is 0 Å². The van der Waals surface area contributed by atoms with Crippen LogP contribution in [-0.2, 0) is 19.6 Å². The number of aliphatic hydroxyl groups excluding tert-OH is 1. The van der Waals surface area contributed by atoms with Gasteiger partial charge in [-0.25, -0.2) is 8.42 Å². The normalized spacial score (nSPS) is 14.1. The van der Waals surface area contributed by atoms with Crippen molar-refractivity contribution in [2.75, 3.05) is 7.11 Å². The lowest BCUT2D eigenvalue weighted by atomic mass is 10.2. The van der Waals surface area contributed by atoms with E-state index >= 15 is 0 Å². The highest BCUT2D eigenvalue weighted by Crippen LogP contribution is 2.11. The number of sulfonamides is 1. The van der Waals surface area contributed by atoms with Crippen LogP contribution in [-0.4, -0.2) is 38.7 Å². The quantitative estimate of drug-likeness (QED) is 0.583. The monoisotopic (exact) mass is 297 g/mol. The van der Waals surface area contributed by atoms with Gasteiger partial charge in [0.15, 0.2) is 0 Å². The highest BCUT2D eigenvalue weighted by molar-refractivity contribution is 7.89. The molecule has 0 unspecified atom stereocenters. The number of rotatable bonds is 5. The van der Waals surface area contributed by atoms with E-state index in [4.69, 9.17) is 6.42 Å². The summed E-state index contributed by atoms with van der Waals surface area (Å²) >= 11 is 0. The van der Waals surface area contributed by atoms with Crippen molar-refractivity contribution in [3.8, 4) is 12.3 Å². The van der Waals surface area contributed by atoms with E-state index in [2.05, 4.69) is 15.4 Å². The van der Waals surface area contributed by atoms with Crippen molar-refractivity contribution in [1.82, 2.24) is 4.72 Å². The molecule has 0 aliphatic carbocycles. The Balaban J connectivity index is 3.03. The molecule has 1 aromatic rings. The Morgan fingerprint density at radius 2 is 1.95 bits per heavy atom. The smallest absolute Gasteiger partial charge is 0.326 e. The van der Waals surface area contributed by atoms with Crippen molar-refractivity contribution in [2.45, 2.75) is 24.0 Å². The maximum Gasteiger partial charge on any atom is 0.326 e. The van der Waals surface area contributed by atoms with Crippen LogP contribution < -0.4 is 4.72 Å². The van der Waals surface area contributed by atoms with Gasteiger partial charge < -0.3 is 9.84 Å². The summed E-state index contributed by atoms with van der Waals surface area (Å²) in [6.07, 6.45) is 3.94. The summed E-state index contributed by atoms with van der Waals surface area (Å²) in [5.74, 6) is 1.49. The second-order valence-corrected chi connectivity index (χ2v) is 5.75. The Bertz CT molecular complexity index is 613. The minimum atomic E-state index is -3.96. The first kappa shape index (κ1) is 16.2. The largest absolute Gasteiger partial charge is 0.468 e. The molecule has 7 heteroatoms. The van der Waals surface area contributed by atoms with Gasteiger partial charge in [-0.2, -0.15) is 4.72 Å². The highest BCUT2D eigenvalue weighted by Gasteiger charge is 2.30. The summed E-state index contributed by atoms with van der Waals surface area (Å²) in [5.41, 5.74) is 0.531. The molecular weight excluding hydrogens is 282 g/mol. The molecule has 0 aliphatic rings. The van der Waals surface area contributed by atoms with Crippen molar-refractivity contribution >= 4 is 16.0 Å². The fourth-order valence-corrected chi connectivity index (χ4v) is 2.69. The number of hydrogen-bond acceptors (Lipinski definition) is 5. The third kappa shape index (κ3) is 3.81. The zero-order valence-corrected chi connectivity index (χ0v) is 11.8. The zero-order chi connectivity index (χ0) is 15.3. The Labute approximate surface area is 117 Å². The number of esters is 1. The average molecular weight is 297 g/mol. The molecule has 0 bridgehead atoms. The predicted molar refractivity (Wildman–Crippen MR) is 72.2 cm³/mol. The molecule has 108 valence electrons. The van der Waals surface area contributed by atoms with Crippen molar-refractivity contribution in [2.24, 2.45) is 0 Å². The minimum Gasteiger partial charge on any atom is -0.468 e. The molecule has 1 rings (SSSR count). The summed E-state index contributed by atoms with van der Waals surface area (Å²) in [6.45, 7) is 1.28. The first-order valence-electron chi connectivity index (χ1n) is 5.66. The Morgan fingerprint density at radius 3 is 2.35 bits per heavy atom. The van der Waals surface area contributed by atoms with Gasteiger partial charge in [0.2, 0.25) is 10.0 Å². The first-order valence-corrected chi connectivity index (χ1v) is 7.15. The molecule has 20 heavy (non-hydrogen) atoms. The van der Waals surface area contributed by atoms with E-state index in [1.54, 1.807) is 0 Å². The number of carbonyl (C=O) groups excluding carboxylic acids is 1. The van der Waals surface area contributed by atoms with Gasteiger partial charge in [-0.05, 0) is 31.2 Å². The van der Waals surface area contributed by atoms with Crippen LogP contribution in [0, 0.1) is 12.3 Å². The second kappa shape index (κ2) is 6.52. The minimum absolute atomic E-state index is 0.0638. The Hall–Kier alpha value is -1.88. The van der Waals surface area contributed by atoms with Gasteiger partial charge in [-0.1, -0.05) is 5.92 Å². The molecule has 0 saturated heterocycles. The number of hydrogen-bond donors (Lipinski definition) is 2. The van der Waals surface area contributed by atoms with Gasteiger partial charge in [-0.3, -0.25) is 4.79 Å². The second-order valence-electron chi connectivity index (χ2n) is 4.03. The topological polar surface area (TPSA) is 92.7 Å². The summed E-state index contributed by atoms with van der Waals surface area (Å²) in [4.78, 5) is 11.4. The Kier molecular flexibility index (Phi) is 5.27. The molecular formula is C13H15NO5S. The zero-order valence-electron chi connectivity index (χ0n) is 11.0. The SMILES string of the molecule is C#Cc1ccc(S(=O)(=O)N[C@H](C(=O)OC)[C@@H](C)O)cc1. The molecule has 0 radical (unpaired) electrons. The van der Waals surface area contributed by atoms with Gasteiger partial charge in [0.1, 0.15) is 6.04 Å². The van der Waals surface area contributed by atoms with E-state index in [0.717, 1.165) is 7.11 Å². The van der Waals surface area contributed by atoms with Gasteiger partial charge >= 0.3 is 5.97 Å². The number of aliphatic hydroxyl groups is 1. The molecule has 0 heterocycles. The van der Waals surface area contributed by atoms with Crippen LogP contribution in [0.2, 0.25) is 0 Å². The molecule has 0 fully saturated rings. The van der Waals surface area contributed by atoms with Crippen LogP contribution in [0.5, 0.6) is 0 Å². The van der Waals surface area contributed by atoms with Crippen molar-refractivity contribution in [1.29, 1.82) is 0 Å². The van der Waals surface area contributed by atoms with Gasteiger partial charge in [0, 0.05) is 5.56 Å². The van der Waals surface area contributed by atoms with E-state index < -0.39 is 28.1 Å². The lowest BCUT2D eigenvalue weighted by Gasteiger charge is -2.18. The lowest BCUT2D eigenvalue weighted by Crippen LogP contribution is -2.48. The molecule has 0 aliphatic heterocycles. The van der Waals surface area contributed by atoms with Gasteiger partial charge in [0.05, 0.1) is 18.1 Å². The molecule has 6 nitrogen and oxygen atoms in total. The van der Waals surface area contributed by atoms with Gasteiger partial charge in [0.25, 0.3) is 0 Å². The number of terminal acetylenes is 1. The number of carbonyl (C=O) groups is 1. The van der Waals surface area contributed by atoms with Crippen LogP contribution in [0.1, 0.15) is 12.5 Å². The summed E-state index contributed by atoms with van der Waals surface area (Å²) in [5, 5.41) is 9.45. The lowest BCUT2D eigenvalue weighted by molar-refractivity contribution is -0.145. The standard InChI is InChI=1S/C13H15NO5S/c1-4-10-5-7-11(8-6-10)20(17,18)14-12(9(2)15)13(16)19-3/h1,5-9,12,14-15H,2-3H3/t9-,12+/m1/s1. The van der Waals surface area contributed by atoms with Crippen LogP contribution in [0.3, 0.4) is 0 Å². The predicted octanol–water partition coefficient (Wildman–Crippen LogP) is -0.131. The molecule has 0 aromatic heterocycles. The number of ether oxygens (including phenoxy) is 1. The molecule has 1 aromatic carbocycles. The summed E-state index contributed by atoms with van der Waals surface area (Å²) < 4.78 is 30.7. The molecule has 2 atom stereocenters. The van der Waals surface area contributed by atoms with E-state index in [0.29, 0.717) is 5.56 Å². The fourth-order valence-electron chi connectivity index (χ4n) is 1.44. The van der Waals surface area contributed by atoms with Crippen LogP contribution in [0.15, 0.2) is 29.2 Å². The van der Waals surface area contributed by atoms with E-state index in [-0.39, 0.29) is 4.90 Å². The van der Waals surface area contributed by atoms with Crippen LogP contribution in [0.4, 0.5) is 0 Å².